The zero-order valence-corrected chi connectivity index (χ0v) is 15.1. The number of carbonyl (C=O) groups excluding carboxylic acids is 2. The summed E-state index contributed by atoms with van der Waals surface area (Å²) in [5, 5.41) is 9.02. The van der Waals surface area contributed by atoms with Crippen LogP contribution in [-0.2, 0) is 25.7 Å². The minimum atomic E-state index is -0.784. The van der Waals surface area contributed by atoms with Gasteiger partial charge >= 0.3 is 17.9 Å². The van der Waals surface area contributed by atoms with E-state index in [-0.39, 0.29) is 18.6 Å². The van der Waals surface area contributed by atoms with Crippen LogP contribution in [0.15, 0.2) is 24.8 Å². The Bertz CT molecular complexity index is 690. The van der Waals surface area contributed by atoms with Gasteiger partial charge in [-0.2, -0.15) is 0 Å². The molecule has 2 rings (SSSR count). The Kier molecular flexibility index (Phi) is 6.55. The van der Waals surface area contributed by atoms with Crippen LogP contribution in [0.1, 0.15) is 52.7 Å². The number of carboxylic acids is 1. The van der Waals surface area contributed by atoms with Crippen molar-refractivity contribution in [3.05, 3.63) is 47.0 Å². The molecule has 1 aromatic rings. The molecule has 0 radical (unpaired) electrons. The highest BCUT2D eigenvalue weighted by Gasteiger charge is 2.28. The zero-order chi connectivity index (χ0) is 19.3. The molecule has 0 saturated heterocycles. The fraction of sp³-hybridized carbons (Fsp3) is 0.450. The number of aryl methyl sites for hydroxylation is 2. The van der Waals surface area contributed by atoms with Crippen molar-refractivity contribution < 1.29 is 29.0 Å². The van der Waals surface area contributed by atoms with Crippen molar-refractivity contribution in [3.8, 4) is 0 Å². The largest absolute Gasteiger partial charge is 0.481 e. The minimum absolute atomic E-state index is 0.122. The summed E-state index contributed by atoms with van der Waals surface area (Å²) in [7, 11) is 0. The smallest absolute Gasteiger partial charge is 0.338 e. The Morgan fingerprint density at radius 2 is 1.73 bits per heavy atom. The molecule has 0 bridgehead atoms. The van der Waals surface area contributed by atoms with Crippen LogP contribution in [-0.4, -0.2) is 29.1 Å². The van der Waals surface area contributed by atoms with Crippen LogP contribution in [0.25, 0.3) is 0 Å². The van der Waals surface area contributed by atoms with Crippen molar-refractivity contribution >= 4 is 17.9 Å². The lowest BCUT2D eigenvalue weighted by Gasteiger charge is -2.26. The highest BCUT2D eigenvalue weighted by molar-refractivity contribution is 5.90. The molecular weight excluding hydrogens is 336 g/mol. The Morgan fingerprint density at radius 3 is 2.23 bits per heavy atom. The van der Waals surface area contributed by atoms with Gasteiger partial charge in [0.2, 0.25) is 0 Å². The van der Waals surface area contributed by atoms with Crippen molar-refractivity contribution in [2.45, 2.75) is 52.2 Å². The van der Waals surface area contributed by atoms with Crippen molar-refractivity contribution in [3.63, 3.8) is 0 Å². The number of carboxylic acid groups (broad SMARTS) is 1. The quantitative estimate of drug-likeness (QED) is 0.618. The third-order valence-corrected chi connectivity index (χ3v) is 4.75. The van der Waals surface area contributed by atoms with E-state index in [9.17, 15) is 14.4 Å². The third kappa shape index (κ3) is 4.94. The molecule has 1 aliphatic carbocycles. The van der Waals surface area contributed by atoms with Crippen molar-refractivity contribution in [2.24, 2.45) is 5.92 Å². The van der Waals surface area contributed by atoms with Crippen LogP contribution in [0.2, 0.25) is 0 Å². The number of benzene rings is 1. The Balaban J connectivity index is 2.00. The van der Waals surface area contributed by atoms with Gasteiger partial charge in [-0.1, -0.05) is 6.58 Å². The highest BCUT2D eigenvalue weighted by atomic mass is 16.5. The van der Waals surface area contributed by atoms with E-state index in [4.69, 9.17) is 14.6 Å². The summed E-state index contributed by atoms with van der Waals surface area (Å²) in [5.41, 5.74) is 2.96. The standard InChI is InChI=1S/C20H24O6/c1-4-18(21)25-11-17-12(2)9-15(10-13(17)3)20(24)26-16-7-5-14(6-8-16)19(22)23/h4,9-10,14,16H,1,5-8,11H2,2-3H3,(H,22,23). The number of hydrogen-bond donors (Lipinski definition) is 1. The van der Waals surface area contributed by atoms with Crippen LogP contribution in [0.4, 0.5) is 0 Å². The van der Waals surface area contributed by atoms with Crippen LogP contribution in [0, 0.1) is 19.8 Å². The molecule has 0 atom stereocenters. The average Bonchev–Trinajstić information content (AvgIpc) is 2.60. The molecule has 1 aliphatic rings. The van der Waals surface area contributed by atoms with Crippen molar-refractivity contribution in [1.29, 1.82) is 0 Å². The van der Waals surface area contributed by atoms with E-state index in [1.54, 1.807) is 12.1 Å². The molecule has 1 aromatic carbocycles. The number of ether oxygens (including phenoxy) is 2. The van der Waals surface area contributed by atoms with Crippen LogP contribution < -0.4 is 0 Å². The molecule has 0 aromatic heterocycles. The lowest BCUT2D eigenvalue weighted by Crippen LogP contribution is -2.28. The van der Waals surface area contributed by atoms with Gasteiger partial charge in [-0.25, -0.2) is 9.59 Å². The summed E-state index contributed by atoms with van der Waals surface area (Å²) < 4.78 is 10.6. The predicted octanol–water partition coefficient (Wildman–Crippen LogP) is 3.33. The maximum absolute atomic E-state index is 12.4. The van der Waals surface area contributed by atoms with Crippen LogP contribution in [0.3, 0.4) is 0 Å². The number of aliphatic carboxylic acids is 1. The molecule has 6 heteroatoms. The van der Waals surface area contributed by atoms with E-state index in [1.165, 1.54) is 0 Å². The lowest BCUT2D eigenvalue weighted by molar-refractivity contribution is -0.143. The summed E-state index contributed by atoms with van der Waals surface area (Å²) in [6, 6.07) is 3.44. The van der Waals surface area contributed by atoms with Crippen LogP contribution in [0.5, 0.6) is 0 Å². The first-order chi connectivity index (χ1) is 12.3. The predicted molar refractivity (Wildman–Crippen MR) is 94.7 cm³/mol. The maximum Gasteiger partial charge on any atom is 0.338 e. The lowest BCUT2D eigenvalue weighted by atomic mass is 9.87. The molecule has 6 nitrogen and oxygen atoms in total. The van der Waals surface area contributed by atoms with Gasteiger partial charge in [-0.3, -0.25) is 4.79 Å². The molecule has 26 heavy (non-hydrogen) atoms. The number of carbonyl (C=O) groups is 3. The monoisotopic (exact) mass is 360 g/mol. The van der Waals surface area contributed by atoms with E-state index < -0.39 is 17.9 Å². The Hall–Kier alpha value is -2.63. The Morgan fingerprint density at radius 1 is 1.15 bits per heavy atom. The topological polar surface area (TPSA) is 89.9 Å². The second kappa shape index (κ2) is 8.65. The minimum Gasteiger partial charge on any atom is -0.481 e. The van der Waals surface area contributed by atoms with Crippen LogP contribution >= 0.6 is 0 Å². The second-order valence-corrected chi connectivity index (χ2v) is 6.62. The van der Waals surface area contributed by atoms with Gasteiger partial charge in [0, 0.05) is 6.08 Å². The van der Waals surface area contributed by atoms with Crippen molar-refractivity contribution in [2.75, 3.05) is 0 Å². The highest BCUT2D eigenvalue weighted by Crippen LogP contribution is 2.27. The normalized spacial score (nSPS) is 19.5. The van der Waals surface area contributed by atoms with Gasteiger partial charge < -0.3 is 14.6 Å². The van der Waals surface area contributed by atoms with Gasteiger partial charge in [0.05, 0.1) is 11.5 Å². The molecule has 0 heterocycles. The molecule has 0 unspecified atom stereocenters. The van der Waals surface area contributed by atoms with E-state index >= 15 is 0 Å². The summed E-state index contributed by atoms with van der Waals surface area (Å²) in [4.78, 5) is 34.6. The summed E-state index contributed by atoms with van der Waals surface area (Å²) >= 11 is 0. The molecule has 0 amide bonds. The zero-order valence-electron chi connectivity index (χ0n) is 15.1. The first-order valence-electron chi connectivity index (χ1n) is 8.65. The van der Waals surface area contributed by atoms with E-state index in [2.05, 4.69) is 6.58 Å². The van der Waals surface area contributed by atoms with Gasteiger partial charge in [0.15, 0.2) is 0 Å². The fourth-order valence-corrected chi connectivity index (χ4v) is 3.19. The molecule has 0 aliphatic heterocycles. The third-order valence-electron chi connectivity index (χ3n) is 4.75. The van der Waals surface area contributed by atoms with Gasteiger partial charge in [0.25, 0.3) is 0 Å². The summed E-state index contributed by atoms with van der Waals surface area (Å²) in [6.07, 6.45) is 3.05. The number of hydrogen-bond acceptors (Lipinski definition) is 5. The summed E-state index contributed by atoms with van der Waals surface area (Å²) in [6.45, 7) is 7.17. The second-order valence-electron chi connectivity index (χ2n) is 6.62. The molecule has 1 saturated carbocycles. The fourth-order valence-electron chi connectivity index (χ4n) is 3.19. The first kappa shape index (κ1) is 19.7. The first-order valence-corrected chi connectivity index (χ1v) is 8.65. The molecule has 1 N–H and O–H groups in total. The maximum atomic E-state index is 12.4. The van der Waals surface area contributed by atoms with Gasteiger partial charge in [-0.15, -0.1) is 0 Å². The molecule has 1 fully saturated rings. The van der Waals surface area contributed by atoms with E-state index in [0.29, 0.717) is 31.2 Å². The van der Waals surface area contributed by atoms with Crippen molar-refractivity contribution in [1.82, 2.24) is 0 Å². The van der Waals surface area contributed by atoms with Gasteiger partial charge in [0.1, 0.15) is 12.7 Å². The Labute approximate surface area is 152 Å². The summed E-state index contributed by atoms with van der Waals surface area (Å²) in [5.74, 6) is -2.03. The number of rotatable bonds is 6. The van der Waals surface area contributed by atoms with E-state index in [1.807, 2.05) is 13.8 Å². The molecular formula is C20H24O6. The average molecular weight is 360 g/mol. The molecule has 0 spiro atoms. The SMILES string of the molecule is C=CC(=O)OCc1c(C)cc(C(=O)OC2CCC(C(=O)O)CC2)cc1C. The van der Waals surface area contributed by atoms with E-state index in [0.717, 1.165) is 22.8 Å². The molecule has 140 valence electrons. The number of esters is 2. The van der Waals surface area contributed by atoms with Gasteiger partial charge in [-0.05, 0) is 68.4 Å².